The number of anilines is 1. The minimum atomic E-state index is -0.438. The summed E-state index contributed by atoms with van der Waals surface area (Å²) in [6.45, 7) is 0. The highest BCUT2D eigenvalue weighted by Crippen LogP contribution is 2.39. The summed E-state index contributed by atoms with van der Waals surface area (Å²) in [6, 6.07) is 48.6. The van der Waals surface area contributed by atoms with Crippen LogP contribution in [0.25, 0.3) is 16.7 Å². The second-order valence-electron chi connectivity index (χ2n) is 12.0. The highest BCUT2D eigenvalue weighted by Gasteiger charge is 2.38. The molecule has 4 aromatic carbocycles. The van der Waals surface area contributed by atoms with Gasteiger partial charge in [-0.05, 0) is 71.3 Å². The van der Waals surface area contributed by atoms with Gasteiger partial charge < -0.3 is 23.7 Å². The Morgan fingerprint density at radius 3 is 1.69 bits per heavy atom. The molecule has 5 heterocycles. The summed E-state index contributed by atoms with van der Waals surface area (Å²) >= 11 is 0. The maximum Gasteiger partial charge on any atom is 0.557 e. The van der Waals surface area contributed by atoms with E-state index in [2.05, 4.69) is 136 Å². The monoisotopic (exact) mass is 622 g/mol. The number of fused-ring (bicyclic) bond motifs is 1. The van der Waals surface area contributed by atoms with Crippen molar-refractivity contribution in [1.29, 1.82) is 0 Å². The molecule has 9 rings (SSSR count). The number of hydrogen-bond acceptors (Lipinski definition) is 4. The molecule has 0 saturated heterocycles. The molecule has 0 spiro atoms. The molecule has 48 heavy (non-hydrogen) atoms. The second-order valence-corrected chi connectivity index (χ2v) is 12.0. The zero-order valence-electron chi connectivity index (χ0n) is 26.6. The number of allylic oxidation sites excluding steroid dienone is 1. The number of nitrogens with zero attached hydrogens (tertiary/aromatic N) is 3. The lowest BCUT2D eigenvalue weighted by Crippen LogP contribution is -2.52. The first-order valence-corrected chi connectivity index (χ1v) is 16.1. The molecule has 0 amide bonds. The van der Waals surface area contributed by atoms with Crippen molar-refractivity contribution in [2.24, 2.45) is 4.99 Å². The molecule has 1 N–H and O–H groups in total. The summed E-state index contributed by atoms with van der Waals surface area (Å²) in [5, 5.41) is 5.86. The Hall–Kier alpha value is -6.05. The van der Waals surface area contributed by atoms with E-state index in [1.54, 1.807) is 14.2 Å². The van der Waals surface area contributed by atoms with Gasteiger partial charge in [-0.3, -0.25) is 0 Å². The third kappa shape index (κ3) is 4.36. The first-order valence-electron chi connectivity index (χ1n) is 16.1. The Morgan fingerprint density at radius 2 is 1.10 bits per heavy atom. The molecule has 0 fully saturated rings. The Labute approximate surface area is 279 Å². The van der Waals surface area contributed by atoms with E-state index in [0.29, 0.717) is 0 Å². The van der Waals surface area contributed by atoms with Crippen LogP contribution in [0.3, 0.4) is 0 Å². The summed E-state index contributed by atoms with van der Waals surface area (Å²) in [4.78, 5) is 5.52. The minimum Gasteiger partial charge on any atom is -0.497 e. The van der Waals surface area contributed by atoms with Crippen molar-refractivity contribution >= 4 is 35.3 Å². The van der Waals surface area contributed by atoms with Crippen LogP contribution in [0, 0.1) is 0 Å². The normalized spacial score (nSPS) is 14.6. The van der Waals surface area contributed by atoms with Gasteiger partial charge in [-0.2, -0.15) is 0 Å². The fourth-order valence-electron chi connectivity index (χ4n) is 7.25. The topological polar surface area (TPSA) is 52.7 Å². The maximum atomic E-state index is 6.49. The summed E-state index contributed by atoms with van der Waals surface area (Å²) in [5.74, 6) is 0.806. The number of aromatic nitrogens is 2. The van der Waals surface area contributed by atoms with Gasteiger partial charge in [0, 0.05) is 51.6 Å². The molecule has 4 bridgehead atoms. The number of hydrogen-bond donors (Lipinski definition) is 1. The van der Waals surface area contributed by atoms with Gasteiger partial charge in [-0.1, -0.05) is 91.0 Å². The summed E-state index contributed by atoms with van der Waals surface area (Å²) in [5.41, 5.74) is 12.2. The Balaban J connectivity index is 1.44. The molecule has 6 nitrogen and oxygen atoms in total. The lowest BCUT2D eigenvalue weighted by Gasteiger charge is -2.29. The lowest BCUT2D eigenvalue weighted by atomic mass is 9.88. The highest BCUT2D eigenvalue weighted by molar-refractivity contribution is 6.50. The number of rotatable bonds is 7. The number of methoxy groups -OCH3 is 1. The van der Waals surface area contributed by atoms with Crippen LogP contribution in [0.2, 0.25) is 0 Å². The van der Waals surface area contributed by atoms with E-state index in [4.69, 9.17) is 14.4 Å². The Bertz CT molecular complexity index is 2420. The van der Waals surface area contributed by atoms with Crippen molar-refractivity contribution in [1.82, 2.24) is 8.96 Å². The molecule has 3 aliphatic rings. The van der Waals surface area contributed by atoms with Crippen LogP contribution in [0.5, 0.6) is 5.75 Å². The predicted molar refractivity (Wildman–Crippen MR) is 193 cm³/mol. The van der Waals surface area contributed by atoms with Gasteiger partial charge in [0.2, 0.25) is 0 Å². The van der Waals surface area contributed by atoms with Crippen LogP contribution in [0.15, 0.2) is 162 Å². The third-order valence-electron chi connectivity index (χ3n) is 9.33. The van der Waals surface area contributed by atoms with E-state index in [1.165, 1.54) is 0 Å². The van der Waals surface area contributed by atoms with Gasteiger partial charge in [0.15, 0.2) is 0 Å². The van der Waals surface area contributed by atoms with Gasteiger partial charge in [0.25, 0.3) is 0 Å². The van der Waals surface area contributed by atoms with Crippen molar-refractivity contribution in [2.45, 2.75) is 0 Å². The molecule has 0 aliphatic carbocycles. The van der Waals surface area contributed by atoms with Crippen LogP contribution >= 0.6 is 0 Å². The van der Waals surface area contributed by atoms with E-state index in [1.807, 2.05) is 24.3 Å². The van der Waals surface area contributed by atoms with Gasteiger partial charge >= 0.3 is 7.19 Å². The molecule has 0 unspecified atom stereocenters. The van der Waals surface area contributed by atoms with Crippen LogP contribution < -0.4 is 20.8 Å². The first kappa shape index (κ1) is 28.2. The fourth-order valence-corrected chi connectivity index (χ4v) is 7.25. The number of ether oxygens (including phenoxy) is 1. The predicted octanol–water partition coefficient (Wildman–Crippen LogP) is 6.31. The van der Waals surface area contributed by atoms with Crippen molar-refractivity contribution in [2.75, 3.05) is 19.5 Å². The zero-order valence-corrected chi connectivity index (χ0v) is 26.6. The van der Waals surface area contributed by atoms with Gasteiger partial charge in [0.05, 0.1) is 24.2 Å². The van der Waals surface area contributed by atoms with Crippen LogP contribution in [-0.4, -0.2) is 36.1 Å². The Morgan fingerprint density at radius 1 is 0.562 bits per heavy atom. The largest absolute Gasteiger partial charge is 0.557 e. The quantitative estimate of drug-likeness (QED) is 0.213. The van der Waals surface area contributed by atoms with Crippen molar-refractivity contribution in [3.05, 3.63) is 196 Å². The average Bonchev–Trinajstić information content (AvgIpc) is 3.88. The third-order valence-corrected chi connectivity index (χ3v) is 9.33. The molecule has 6 aromatic rings. The molecular formula is C41H31BN4O2. The summed E-state index contributed by atoms with van der Waals surface area (Å²) < 4.78 is 16.6. The smallest absolute Gasteiger partial charge is 0.497 e. The van der Waals surface area contributed by atoms with E-state index in [0.717, 1.165) is 84.0 Å². The van der Waals surface area contributed by atoms with E-state index < -0.39 is 7.19 Å². The highest BCUT2D eigenvalue weighted by atomic mass is 16.5. The standard InChI is InChI=1S/C41H31BN4O2/c1-47-31-20-18-30(19-21-31)43-33-26-32-38(27-12-6-3-7-13-27)34-22-23-35-39(28-14-8-4-9-15-28)36-24-25-37(46(36)42(48-2)45(34)35)40(41(33)44-32)29-16-10-5-11-17-29/h3-26,43H,1-2H3. The van der Waals surface area contributed by atoms with E-state index >= 15 is 0 Å². The number of nitrogens with one attached hydrogen (secondary N) is 1. The zero-order chi connectivity index (χ0) is 32.2. The lowest BCUT2D eigenvalue weighted by molar-refractivity contribution is 0.396. The average molecular weight is 623 g/mol. The van der Waals surface area contributed by atoms with Crippen molar-refractivity contribution in [3.63, 3.8) is 0 Å². The summed E-state index contributed by atoms with van der Waals surface area (Å²) in [7, 11) is 3.04. The molecule has 230 valence electrons. The molecule has 2 aromatic heterocycles. The summed E-state index contributed by atoms with van der Waals surface area (Å²) in [6.07, 6.45) is 2.18. The fraction of sp³-hybridized carbons (Fsp3) is 0.0488. The van der Waals surface area contributed by atoms with Gasteiger partial charge in [-0.15, -0.1) is 0 Å². The molecule has 0 saturated carbocycles. The SMILES string of the molecule is COB1n2c3ccc2C(c2ccccc2)=c2ccc(n21)=C(c1ccccc1)C1=NC(=C3c2ccccc2)C(Nc2ccc(OC)cc2)=C1. The first-order chi connectivity index (χ1) is 23.7. The van der Waals surface area contributed by atoms with Crippen LogP contribution in [0.4, 0.5) is 5.69 Å². The van der Waals surface area contributed by atoms with Gasteiger partial charge in [0.1, 0.15) is 5.75 Å². The van der Waals surface area contributed by atoms with E-state index in [-0.39, 0.29) is 0 Å². The molecule has 7 heteroatoms. The maximum absolute atomic E-state index is 6.49. The van der Waals surface area contributed by atoms with Crippen molar-refractivity contribution < 1.29 is 9.39 Å². The molecule has 0 radical (unpaired) electrons. The second kappa shape index (κ2) is 11.3. The molecule has 3 aliphatic heterocycles. The van der Waals surface area contributed by atoms with Gasteiger partial charge in [-0.25, -0.2) is 4.99 Å². The number of aliphatic imine (C=N–C) groups is 1. The molecular weight excluding hydrogens is 591 g/mol. The Kier molecular flexibility index (Phi) is 6.66. The number of benzene rings is 4. The minimum absolute atomic E-state index is 0.438. The van der Waals surface area contributed by atoms with Crippen LogP contribution in [-0.2, 0) is 4.65 Å². The van der Waals surface area contributed by atoms with Crippen LogP contribution in [0.1, 0.15) is 28.1 Å². The molecule has 0 atom stereocenters. The van der Waals surface area contributed by atoms with E-state index in [9.17, 15) is 0 Å². The van der Waals surface area contributed by atoms with Crippen molar-refractivity contribution in [3.8, 4) is 5.75 Å².